The molecular weight excluding hydrogens is 1640 g/mol. The third-order valence-corrected chi connectivity index (χ3v) is 26.7. The molecule has 121 heavy (non-hydrogen) atoms. The monoisotopic (exact) mass is 1740 g/mol. The van der Waals surface area contributed by atoms with Crippen LogP contribution in [0.3, 0.4) is 0 Å². The first kappa shape index (κ1) is 92.4. The summed E-state index contributed by atoms with van der Waals surface area (Å²) in [5.74, 6) is 1.62. The zero-order valence-corrected chi connectivity index (χ0v) is 71.6. The van der Waals surface area contributed by atoms with Gasteiger partial charge in [-0.25, -0.2) is 40.2 Å². The summed E-state index contributed by atoms with van der Waals surface area (Å²) in [4.78, 5) is 121. The molecular formula is C78H104N18O22S3. The molecule has 0 saturated carbocycles. The average Bonchev–Trinajstić information content (AvgIpc) is 1.58. The minimum Gasteiger partial charge on any atom is -0.493 e. The van der Waals surface area contributed by atoms with Crippen molar-refractivity contribution in [3.63, 3.8) is 0 Å². The van der Waals surface area contributed by atoms with E-state index in [1.54, 1.807) is 48.5 Å². The van der Waals surface area contributed by atoms with E-state index < -0.39 is 56.9 Å². The molecule has 5 N–H and O–H groups in total. The van der Waals surface area contributed by atoms with E-state index in [0.29, 0.717) is 220 Å². The molecule has 9 heterocycles. The van der Waals surface area contributed by atoms with Gasteiger partial charge in [0.1, 0.15) is 81.0 Å². The molecule has 0 unspecified atom stereocenters. The normalized spacial score (nSPS) is 15.0. The topological polar surface area (TPSA) is 493 Å². The molecule has 0 bridgehead atoms. The first-order valence-corrected chi connectivity index (χ1v) is 44.4. The number of aromatic nitrogens is 9. The van der Waals surface area contributed by atoms with Crippen LogP contribution in [0.2, 0.25) is 0 Å². The van der Waals surface area contributed by atoms with Gasteiger partial charge in [0.05, 0.1) is 81.1 Å². The number of benzene rings is 3. The second-order valence-electron chi connectivity index (χ2n) is 28.9. The fourth-order valence-corrected chi connectivity index (χ4v) is 19.3. The quantitative estimate of drug-likeness (QED) is 0.0101. The third-order valence-electron chi connectivity index (χ3n) is 21.0. The standard InChI is InChI=1S/C26H35N7O8S.C26H34N6O8S.C26H35N5O6S/c1-4-6-19-21(17-27-35)30(3)24-23(19)28-25(29-26(24)34)20-16-18(7-8-22(20)40-14-5-2)42(38,39)32-11-9-31(10-12-32)13-15-41-33(36)37;1-4-6-19-21(17-33)29(3)24-23(19)27-25(28-26(24)34)20-16-18(7-8-22(20)39-14-5-2)41(37,38)31-11-9-30(10-12-31)13-15-40-32(35)36;1-4-6-19-21(17-33)29(3)24-23(19)27-25(28-26(24)34)20-16-18(7-8-22(20)37-15-5-2)38(35,36)31-11-9-30(10-12-31)13-14-32/h7-8,16-17,35H,4-6,9-15H2,1-3H3,(H,28,29,34);7-8,16-17H,4-6,9-15H2,1-3H3,(H,27,28,34);7-8,16-17,32H,4-6,9-15H2,1-3H3,(H,27,28,34)/b27-17+;;. The van der Waals surface area contributed by atoms with Gasteiger partial charge in [0.15, 0.2) is 12.6 Å². The molecule has 9 aromatic rings. The van der Waals surface area contributed by atoms with Crippen molar-refractivity contribution >= 4 is 82.0 Å². The van der Waals surface area contributed by atoms with Crippen LogP contribution in [0, 0.1) is 20.2 Å². The number of nitrogens with zero attached hydrogens (tertiary/aromatic N) is 15. The second-order valence-corrected chi connectivity index (χ2v) is 34.7. The molecule has 3 aromatic carbocycles. The molecule has 12 rings (SSSR count). The number of carbonyl (C=O) groups excluding carboxylic acids is 2. The summed E-state index contributed by atoms with van der Waals surface area (Å²) < 4.78 is 108. The Labute approximate surface area is 698 Å². The smallest absolute Gasteiger partial charge is 0.294 e. The Bertz CT molecular complexity index is 5800. The summed E-state index contributed by atoms with van der Waals surface area (Å²) in [6.07, 6.45) is 8.80. The van der Waals surface area contributed by atoms with E-state index in [4.69, 9.17) is 29.2 Å². The number of carbonyl (C=O) groups is 2. The van der Waals surface area contributed by atoms with Crippen LogP contribution in [-0.2, 0) is 80.2 Å². The van der Waals surface area contributed by atoms with Crippen LogP contribution in [0.15, 0.2) is 88.8 Å². The predicted molar refractivity (Wildman–Crippen MR) is 448 cm³/mol. The number of fused-ring (bicyclic) bond motifs is 3. The van der Waals surface area contributed by atoms with Gasteiger partial charge in [-0.2, -0.15) is 12.9 Å². The summed E-state index contributed by atoms with van der Waals surface area (Å²) in [5.41, 5.74) is 5.20. The number of oxime groups is 1. The van der Waals surface area contributed by atoms with E-state index in [1.165, 1.54) is 60.1 Å². The Morgan fingerprint density at radius 3 is 1.00 bits per heavy atom. The number of H-pyrrole nitrogens is 3. The van der Waals surface area contributed by atoms with E-state index in [1.807, 2.05) is 56.2 Å². The molecule has 0 spiro atoms. The Morgan fingerprint density at radius 2 is 0.736 bits per heavy atom. The highest BCUT2D eigenvalue weighted by Gasteiger charge is 2.35. The highest BCUT2D eigenvalue weighted by atomic mass is 32.2. The third kappa shape index (κ3) is 20.8. The van der Waals surface area contributed by atoms with Gasteiger partial charge in [-0.3, -0.25) is 38.7 Å². The van der Waals surface area contributed by atoms with Crippen LogP contribution < -0.4 is 30.9 Å². The van der Waals surface area contributed by atoms with Crippen molar-refractivity contribution in [1.82, 2.24) is 71.2 Å². The van der Waals surface area contributed by atoms with Crippen molar-refractivity contribution in [2.45, 2.75) is 114 Å². The Balaban J connectivity index is 0.000000191. The van der Waals surface area contributed by atoms with Crippen molar-refractivity contribution in [3.05, 3.63) is 140 Å². The zero-order chi connectivity index (χ0) is 87.6. The first-order valence-electron chi connectivity index (χ1n) is 40.1. The average molecular weight is 1740 g/mol. The Morgan fingerprint density at radius 1 is 0.446 bits per heavy atom. The van der Waals surface area contributed by atoms with Crippen LogP contribution in [0.5, 0.6) is 17.2 Å². The number of aliphatic hydroxyl groups excluding tert-OH is 1. The van der Waals surface area contributed by atoms with Crippen LogP contribution >= 0.6 is 0 Å². The number of aliphatic hydroxyl groups is 1. The number of hydrogen-bond donors (Lipinski definition) is 5. The molecule has 0 atom stereocenters. The van der Waals surface area contributed by atoms with Crippen molar-refractivity contribution in [3.8, 4) is 51.4 Å². The minimum atomic E-state index is -3.92. The van der Waals surface area contributed by atoms with E-state index in [2.05, 4.69) is 29.8 Å². The Kier molecular flexibility index (Phi) is 31.7. The SMILES string of the molecule is CCCOc1ccc(S(=O)(=O)N2CCN(CCO)CC2)cc1-c1nc2c(CCC)c(C=O)n(C)c2c(=O)[nH]1.CCCOc1ccc(S(=O)(=O)N2CCN(CCO[N+](=O)[O-])CC2)cc1-c1nc2c(CCC)c(/C=N/O)n(C)c2c(=O)[nH]1.CCCOc1ccc(S(=O)(=O)N2CCN(CCO[N+](=O)[O-])CC2)cc1-c1nc2c(CCC)c(C=O)n(C)c2c(=O)[nH]1. The fourth-order valence-electron chi connectivity index (χ4n) is 14.9. The van der Waals surface area contributed by atoms with Gasteiger partial charge in [0.2, 0.25) is 30.1 Å². The fraction of sp³-hybridized carbons (Fsp3) is 0.500. The number of piperazine rings is 3. The number of ether oxygens (including phenoxy) is 3. The molecule has 40 nitrogen and oxygen atoms in total. The van der Waals surface area contributed by atoms with Gasteiger partial charge >= 0.3 is 0 Å². The van der Waals surface area contributed by atoms with Crippen molar-refractivity contribution in [2.75, 3.05) is 138 Å². The lowest BCUT2D eigenvalue weighted by atomic mass is 10.1. The van der Waals surface area contributed by atoms with E-state index in [9.17, 15) is 79.8 Å². The zero-order valence-electron chi connectivity index (χ0n) is 69.1. The largest absolute Gasteiger partial charge is 0.493 e. The van der Waals surface area contributed by atoms with Crippen molar-refractivity contribution < 1.29 is 79.2 Å². The highest BCUT2D eigenvalue weighted by Crippen LogP contribution is 2.38. The number of aromatic amines is 3. The van der Waals surface area contributed by atoms with Gasteiger partial charge in [0, 0.05) is 136 Å². The van der Waals surface area contributed by atoms with Gasteiger partial charge < -0.3 is 62.9 Å². The summed E-state index contributed by atoms with van der Waals surface area (Å²) in [5, 5.41) is 40.6. The first-order chi connectivity index (χ1) is 58.0. The number of β-amino-alcohol motifs (C(OH)–C–C–N with tert-alkyl or cyclic N) is 1. The predicted octanol–water partition coefficient (Wildman–Crippen LogP) is 5.77. The van der Waals surface area contributed by atoms with Crippen LogP contribution in [0.25, 0.3) is 67.3 Å². The summed E-state index contributed by atoms with van der Waals surface area (Å²) in [6, 6.07) is 13.6. The van der Waals surface area contributed by atoms with Gasteiger partial charge in [0.25, 0.3) is 26.9 Å². The number of aryl methyl sites for hydroxylation is 6. The second kappa shape index (κ2) is 41.6. The van der Waals surface area contributed by atoms with Gasteiger partial charge in [-0.15, -0.1) is 20.2 Å². The Hall–Kier alpha value is -10.9. The molecule has 0 aliphatic carbocycles. The van der Waals surface area contributed by atoms with Crippen LogP contribution in [0.1, 0.15) is 123 Å². The maximum atomic E-state index is 13.7. The molecule has 3 aliphatic heterocycles. The molecule has 0 amide bonds. The van der Waals surface area contributed by atoms with E-state index in [-0.39, 0.29) is 83.7 Å². The number of hydrogen-bond acceptors (Lipinski definition) is 29. The number of aldehydes is 2. The van der Waals surface area contributed by atoms with Crippen LogP contribution in [0.4, 0.5) is 0 Å². The van der Waals surface area contributed by atoms with Gasteiger partial charge in [-0.05, 0) is 93.1 Å². The van der Waals surface area contributed by atoms with Crippen LogP contribution in [-0.4, -0.2) is 274 Å². The molecule has 6 aromatic heterocycles. The lowest BCUT2D eigenvalue weighted by molar-refractivity contribution is -0.757. The number of nitrogens with one attached hydrogen (secondary N) is 3. The lowest BCUT2D eigenvalue weighted by Crippen LogP contribution is -2.49. The molecule has 3 saturated heterocycles. The molecule has 0 radical (unpaired) electrons. The summed E-state index contributed by atoms with van der Waals surface area (Å²) in [6.45, 7) is 18.0. The maximum absolute atomic E-state index is 13.7. The summed E-state index contributed by atoms with van der Waals surface area (Å²) >= 11 is 0. The molecule has 3 fully saturated rings. The maximum Gasteiger partial charge on any atom is 0.294 e. The van der Waals surface area contributed by atoms with Gasteiger partial charge in [-0.1, -0.05) is 66.0 Å². The highest BCUT2D eigenvalue weighted by molar-refractivity contribution is 7.89. The molecule has 43 heteroatoms. The summed E-state index contributed by atoms with van der Waals surface area (Å²) in [7, 11) is -6.69. The van der Waals surface area contributed by atoms with Crippen molar-refractivity contribution in [2.24, 2.45) is 26.3 Å². The number of rotatable bonds is 37. The van der Waals surface area contributed by atoms with E-state index in [0.717, 1.165) is 37.5 Å². The number of sulfonamides is 3. The minimum absolute atomic E-state index is 0.0136. The van der Waals surface area contributed by atoms with Crippen molar-refractivity contribution in [1.29, 1.82) is 0 Å². The lowest BCUT2D eigenvalue weighted by Gasteiger charge is -2.33. The van der Waals surface area contributed by atoms with E-state index >= 15 is 0 Å². The molecule has 656 valence electrons. The molecule has 3 aliphatic rings.